The molecule has 7 nitrogen and oxygen atoms in total. The van der Waals surface area contributed by atoms with Gasteiger partial charge in [0.25, 0.3) is 0 Å². The van der Waals surface area contributed by atoms with Crippen LogP contribution in [0.25, 0.3) is 0 Å². The Morgan fingerprint density at radius 1 is 1.38 bits per heavy atom. The Balaban J connectivity index is 2.00. The highest BCUT2D eigenvalue weighted by Crippen LogP contribution is 2.31. The molecule has 0 radical (unpaired) electrons. The Morgan fingerprint density at radius 2 is 2.10 bits per heavy atom. The van der Waals surface area contributed by atoms with Gasteiger partial charge in [0.1, 0.15) is 0 Å². The molecule has 116 valence electrons. The number of aliphatic carboxylic acids is 1. The van der Waals surface area contributed by atoms with Gasteiger partial charge in [0.2, 0.25) is 0 Å². The van der Waals surface area contributed by atoms with E-state index in [4.69, 9.17) is 15.1 Å². The second kappa shape index (κ2) is 6.76. The number of carbonyl (C=O) groups excluding carboxylic acids is 1. The predicted octanol–water partition coefficient (Wildman–Crippen LogP) is 1.10. The Hall–Kier alpha value is -1.81. The number of nitrogens with one attached hydrogen (secondary N) is 1. The van der Waals surface area contributed by atoms with Crippen LogP contribution >= 0.6 is 0 Å². The molecule has 0 aromatic carbocycles. The lowest BCUT2D eigenvalue weighted by Gasteiger charge is -2.39. The summed E-state index contributed by atoms with van der Waals surface area (Å²) in [6.07, 6.45) is 3.66. The summed E-state index contributed by atoms with van der Waals surface area (Å²) in [6, 6.07) is 1.71. The Bertz CT molecular complexity index is 440. The SMILES string of the molecule is N#CC1CN(C(=O)NC2(CC(=O)O)CCCCC2)CCO1. The normalized spacial score (nSPS) is 24.9. The van der Waals surface area contributed by atoms with Gasteiger partial charge in [-0.2, -0.15) is 5.26 Å². The number of ether oxygens (including phenoxy) is 1. The van der Waals surface area contributed by atoms with Gasteiger partial charge in [0, 0.05) is 6.54 Å². The highest BCUT2D eigenvalue weighted by atomic mass is 16.5. The third-order valence-corrected chi connectivity index (χ3v) is 4.17. The zero-order chi connectivity index (χ0) is 15.3. The molecule has 2 aliphatic rings. The average molecular weight is 295 g/mol. The summed E-state index contributed by atoms with van der Waals surface area (Å²) < 4.78 is 5.21. The number of rotatable bonds is 3. The molecule has 2 amide bonds. The molecular weight excluding hydrogens is 274 g/mol. The van der Waals surface area contributed by atoms with Gasteiger partial charge in [-0.15, -0.1) is 0 Å². The van der Waals surface area contributed by atoms with Crippen LogP contribution in [-0.2, 0) is 9.53 Å². The van der Waals surface area contributed by atoms with Crippen molar-refractivity contribution >= 4 is 12.0 Å². The van der Waals surface area contributed by atoms with Gasteiger partial charge in [-0.05, 0) is 12.8 Å². The maximum absolute atomic E-state index is 12.4. The van der Waals surface area contributed by atoms with Crippen LogP contribution in [0.5, 0.6) is 0 Å². The Labute approximate surface area is 123 Å². The van der Waals surface area contributed by atoms with Crippen LogP contribution in [0.15, 0.2) is 0 Å². The molecule has 1 saturated carbocycles. The molecule has 1 aliphatic carbocycles. The number of nitriles is 1. The van der Waals surface area contributed by atoms with E-state index in [0.29, 0.717) is 26.0 Å². The highest BCUT2D eigenvalue weighted by Gasteiger charge is 2.37. The molecular formula is C14H21N3O4. The van der Waals surface area contributed by atoms with E-state index in [1.54, 1.807) is 0 Å². The molecule has 0 aromatic rings. The van der Waals surface area contributed by atoms with Crippen molar-refractivity contribution in [2.45, 2.75) is 50.2 Å². The topological polar surface area (TPSA) is 103 Å². The number of morpholine rings is 1. The summed E-state index contributed by atoms with van der Waals surface area (Å²) in [4.78, 5) is 25.0. The van der Waals surface area contributed by atoms with Crippen molar-refractivity contribution in [2.75, 3.05) is 19.7 Å². The van der Waals surface area contributed by atoms with Crippen LogP contribution in [0, 0.1) is 11.3 Å². The summed E-state index contributed by atoms with van der Waals surface area (Å²) in [5.41, 5.74) is -0.651. The van der Waals surface area contributed by atoms with Gasteiger partial charge >= 0.3 is 12.0 Å². The standard InChI is InChI=1S/C14H21N3O4/c15-9-11-10-17(6-7-21-11)13(20)16-14(8-12(18)19)4-2-1-3-5-14/h11H,1-8,10H2,(H,16,20)(H,18,19). The van der Waals surface area contributed by atoms with Crippen molar-refractivity contribution in [2.24, 2.45) is 0 Å². The molecule has 2 rings (SSSR count). The zero-order valence-corrected chi connectivity index (χ0v) is 12.0. The second-order valence-corrected chi connectivity index (χ2v) is 5.78. The fourth-order valence-corrected chi connectivity index (χ4v) is 3.08. The number of urea groups is 1. The summed E-state index contributed by atoms with van der Waals surface area (Å²) in [5.74, 6) is -0.894. The first-order chi connectivity index (χ1) is 10.0. The van der Waals surface area contributed by atoms with Gasteiger partial charge in [-0.3, -0.25) is 4.79 Å². The molecule has 1 saturated heterocycles. The van der Waals surface area contributed by atoms with Crippen LogP contribution < -0.4 is 5.32 Å². The van der Waals surface area contributed by atoms with E-state index < -0.39 is 17.6 Å². The van der Waals surface area contributed by atoms with Crippen LogP contribution in [-0.4, -0.2) is 53.3 Å². The van der Waals surface area contributed by atoms with Crippen LogP contribution in [0.2, 0.25) is 0 Å². The van der Waals surface area contributed by atoms with Gasteiger partial charge < -0.3 is 20.1 Å². The lowest BCUT2D eigenvalue weighted by atomic mass is 9.79. The molecule has 0 aromatic heterocycles. The average Bonchev–Trinajstić information content (AvgIpc) is 2.47. The second-order valence-electron chi connectivity index (χ2n) is 5.78. The quantitative estimate of drug-likeness (QED) is 0.811. The largest absolute Gasteiger partial charge is 0.481 e. The van der Waals surface area contributed by atoms with Gasteiger partial charge in [0.15, 0.2) is 6.10 Å². The first kappa shape index (κ1) is 15.6. The summed E-state index contributed by atoms with van der Waals surface area (Å²) in [7, 11) is 0. The van der Waals surface area contributed by atoms with Gasteiger partial charge in [-0.1, -0.05) is 19.3 Å². The maximum Gasteiger partial charge on any atom is 0.318 e. The molecule has 1 unspecified atom stereocenters. The lowest BCUT2D eigenvalue weighted by molar-refractivity contribution is -0.139. The molecule has 2 N–H and O–H groups in total. The zero-order valence-electron chi connectivity index (χ0n) is 12.0. The van der Waals surface area contributed by atoms with Crippen LogP contribution in [0.4, 0.5) is 4.79 Å². The predicted molar refractivity (Wildman–Crippen MR) is 73.5 cm³/mol. The van der Waals surface area contributed by atoms with Crippen molar-refractivity contribution in [3.63, 3.8) is 0 Å². The first-order valence-electron chi connectivity index (χ1n) is 7.35. The van der Waals surface area contributed by atoms with E-state index in [2.05, 4.69) is 5.32 Å². The maximum atomic E-state index is 12.4. The lowest BCUT2D eigenvalue weighted by Crippen LogP contribution is -2.57. The Morgan fingerprint density at radius 3 is 2.71 bits per heavy atom. The van der Waals surface area contributed by atoms with E-state index in [0.717, 1.165) is 19.3 Å². The number of hydrogen-bond donors (Lipinski definition) is 2. The minimum atomic E-state index is -0.894. The Kier molecular flexibility index (Phi) is 5.02. The summed E-state index contributed by atoms with van der Waals surface area (Å²) in [6.45, 7) is 0.982. The van der Waals surface area contributed by atoms with Gasteiger partial charge in [-0.25, -0.2) is 4.79 Å². The van der Waals surface area contributed by atoms with E-state index in [-0.39, 0.29) is 19.0 Å². The number of carbonyl (C=O) groups is 2. The third kappa shape index (κ3) is 4.08. The molecule has 1 heterocycles. The molecule has 21 heavy (non-hydrogen) atoms. The first-order valence-corrected chi connectivity index (χ1v) is 7.35. The van der Waals surface area contributed by atoms with Crippen molar-refractivity contribution < 1.29 is 19.4 Å². The smallest absolute Gasteiger partial charge is 0.318 e. The van der Waals surface area contributed by atoms with Crippen molar-refractivity contribution in [3.8, 4) is 6.07 Å². The highest BCUT2D eigenvalue weighted by molar-refractivity contribution is 5.77. The van der Waals surface area contributed by atoms with Gasteiger partial charge in [0.05, 0.1) is 31.2 Å². The van der Waals surface area contributed by atoms with Crippen LogP contribution in [0.3, 0.4) is 0 Å². The summed E-state index contributed by atoms with van der Waals surface area (Å²) in [5, 5.41) is 20.9. The van der Waals surface area contributed by atoms with Crippen LogP contribution in [0.1, 0.15) is 38.5 Å². The van der Waals surface area contributed by atoms with Crippen molar-refractivity contribution in [1.82, 2.24) is 10.2 Å². The molecule has 1 aliphatic heterocycles. The van der Waals surface area contributed by atoms with Crippen molar-refractivity contribution in [1.29, 1.82) is 5.26 Å². The minimum Gasteiger partial charge on any atom is -0.481 e. The fourth-order valence-electron chi connectivity index (χ4n) is 3.08. The summed E-state index contributed by atoms with van der Waals surface area (Å²) >= 11 is 0. The third-order valence-electron chi connectivity index (χ3n) is 4.17. The number of hydrogen-bond acceptors (Lipinski definition) is 4. The van der Waals surface area contributed by atoms with E-state index in [9.17, 15) is 9.59 Å². The number of carboxylic acid groups (broad SMARTS) is 1. The van der Waals surface area contributed by atoms with E-state index >= 15 is 0 Å². The molecule has 7 heteroatoms. The van der Waals surface area contributed by atoms with E-state index in [1.165, 1.54) is 4.90 Å². The molecule has 2 fully saturated rings. The van der Waals surface area contributed by atoms with E-state index in [1.807, 2.05) is 6.07 Å². The fraction of sp³-hybridized carbons (Fsp3) is 0.786. The monoisotopic (exact) mass is 295 g/mol. The van der Waals surface area contributed by atoms with Crippen molar-refractivity contribution in [3.05, 3.63) is 0 Å². The number of carboxylic acids is 1. The number of nitrogens with zero attached hydrogens (tertiary/aromatic N) is 2. The molecule has 0 spiro atoms. The number of amides is 2. The molecule has 1 atom stereocenters. The minimum absolute atomic E-state index is 0.0508. The molecule has 0 bridgehead atoms.